The van der Waals surface area contributed by atoms with E-state index in [4.69, 9.17) is 0 Å². The Labute approximate surface area is 186 Å². The summed E-state index contributed by atoms with van der Waals surface area (Å²) in [6.45, 7) is 1.93. The molecule has 9 heteroatoms. The number of aromatic amines is 1. The molecule has 5 rings (SSSR count). The smallest absolute Gasteiger partial charge is 0.253 e. The van der Waals surface area contributed by atoms with Gasteiger partial charge in [-0.25, -0.2) is 9.97 Å². The fraction of sp³-hybridized carbons (Fsp3) is 0.435. The van der Waals surface area contributed by atoms with Crippen LogP contribution >= 0.6 is 0 Å². The van der Waals surface area contributed by atoms with Gasteiger partial charge >= 0.3 is 0 Å². The molecule has 1 saturated heterocycles. The molecule has 1 saturated carbocycles. The van der Waals surface area contributed by atoms with Gasteiger partial charge in [-0.15, -0.1) is 0 Å². The largest absolute Gasteiger partial charge is 0.339 e. The molecule has 0 atom stereocenters. The van der Waals surface area contributed by atoms with Crippen molar-refractivity contribution in [2.75, 3.05) is 18.4 Å². The highest BCUT2D eigenvalue weighted by molar-refractivity contribution is 5.97. The van der Waals surface area contributed by atoms with Gasteiger partial charge in [-0.2, -0.15) is 5.10 Å². The molecule has 3 heterocycles. The van der Waals surface area contributed by atoms with Crippen LogP contribution in [0.4, 0.5) is 5.69 Å². The third kappa shape index (κ3) is 4.71. The second kappa shape index (κ2) is 8.94. The number of anilines is 1. The Morgan fingerprint density at radius 3 is 2.72 bits per heavy atom. The van der Waals surface area contributed by atoms with Crippen molar-refractivity contribution >= 4 is 17.5 Å². The molecule has 0 bridgehead atoms. The summed E-state index contributed by atoms with van der Waals surface area (Å²) in [5.41, 5.74) is 1.22. The number of carbonyl (C=O) groups is 2. The van der Waals surface area contributed by atoms with E-state index < -0.39 is 0 Å². The summed E-state index contributed by atoms with van der Waals surface area (Å²) in [5, 5.41) is 10.4. The molecule has 1 aromatic carbocycles. The fourth-order valence-corrected chi connectivity index (χ4v) is 4.14. The quantitative estimate of drug-likeness (QED) is 0.595. The van der Waals surface area contributed by atoms with E-state index in [1.54, 1.807) is 36.8 Å². The second-order valence-corrected chi connectivity index (χ2v) is 8.60. The lowest BCUT2D eigenvalue weighted by atomic mass is 9.95. The molecule has 166 valence electrons. The minimum Gasteiger partial charge on any atom is -0.339 e. The van der Waals surface area contributed by atoms with Crippen molar-refractivity contribution < 1.29 is 9.59 Å². The standard InChI is InChI=1S/C23H27N7O2/c31-20(8-10-29-13-9-24-15-29)25-19-3-1-2-18(14-19)23(32)30-11-6-17(7-12-30)22-26-21(27-28-22)16-4-5-16/h1-3,9,13-17H,4-8,10-12H2,(H,25,31)(H,26,27,28). The van der Waals surface area contributed by atoms with Crippen LogP contribution in [0.15, 0.2) is 43.0 Å². The highest BCUT2D eigenvalue weighted by Gasteiger charge is 2.31. The molecule has 2 fully saturated rings. The number of imidazole rings is 1. The van der Waals surface area contributed by atoms with Gasteiger partial charge in [-0.1, -0.05) is 6.07 Å². The van der Waals surface area contributed by atoms with Crippen molar-refractivity contribution in [3.05, 3.63) is 60.2 Å². The minimum absolute atomic E-state index is 0.00537. The number of aryl methyl sites for hydroxylation is 1. The molecule has 1 aliphatic carbocycles. The van der Waals surface area contributed by atoms with Crippen LogP contribution < -0.4 is 5.32 Å². The molecule has 3 aromatic rings. The third-order valence-electron chi connectivity index (χ3n) is 6.18. The van der Waals surface area contributed by atoms with E-state index in [-0.39, 0.29) is 11.8 Å². The van der Waals surface area contributed by atoms with Crippen LogP contribution in [-0.4, -0.2) is 54.5 Å². The average Bonchev–Trinajstić information content (AvgIpc) is 3.32. The predicted molar refractivity (Wildman–Crippen MR) is 118 cm³/mol. The Morgan fingerprint density at radius 2 is 1.97 bits per heavy atom. The Hall–Kier alpha value is -3.49. The van der Waals surface area contributed by atoms with E-state index in [0.29, 0.717) is 49.1 Å². The highest BCUT2D eigenvalue weighted by atomic mass is 16.2. The zero-order valence-corrected chi connectivity index (χ0v) is 17.9. The zero-order valence-electron chi connectivity index (χ0n) is 17.9. The van der Waals surface area contributed by atoms with Crippen molar-refractivity contribution in [1.82, 2.24) is 29.6 Å². The molecule has 0 unspecified atom stereocenters. The van der Waals surface area contributed by atoms with Gasteiger partial charge in [0.05, 0.1) is 6.33 Å². The highest BCUT2D eigenvalue weighted by Crippen LogP contribution is 2.38. The monoisotopic (exact) mass is 433 g/mol. The summed E-state index contributed by atoms with van der Waals surface area (Å²) < 4.78 is 1.86. The first-order valence-corrected chi connectivity index (χ1v) is 11.2. The van der Waals surface area contributed by atoms with E-state index >= 15 is 0 Å². The van der Waals surface area contributed by atoms with Crippen LogP contribution in [0, 0.1) is 0 Å². The Morgan fingerprint density at radius 1 is 1.12 bits per heavy atom. The van der Waals surface area contributed by atoms with E-state index in [2.05, 4.69) is 25.5 Å². The minimum atomic E-state index is -0.0956. The number of nitrogens with one attached hydrogen (secondary N) is 2. The van der Waals surface area contributed by atoms with Crippen LogP contribution in [-0.2, 0) is 11.3 Å². The molecule has 2 aliphatic rings. The summed E-state index contributed by atoms with van der Waals surface area (Å²) in [4.78, 5) is 35.8. The van der Waals surface area contributed by atoms with Gasteiger partial charge in [0.15, 0.2) is 5.82 Å². The van der Waals surface area contributed by atoms with Gasteiger partial charge in [-0.3, -0.25) is 14.7 Å². The lowest BCUT2D eigenvalue weighted by molar-refractivity contribution is -0.116. The Bertz CT molecular complexity index is 1080. The number of nitrogens with zero attached hydrogens (tertiary/aromatic N) is 5. The number of piperidine rings is 1. The topological polar surface area (TPSA) is 109 Å². The molecule has 1 aliphatic heterocycles. The molecule has 9 nitrogen and oxygen atoms in total. The van der Waals surface area contributed by atoms with E-state index in [1.165, 1.54) is 12.8 Å². The van der Waals surface area contributed by atoms with Crippen molar-refractivity contribution in [2.45, 2.75) is 50.5 Å². The van der Waals surface area contributed by atoms with E-state index in [9.17, 15) is 9.59 Å². The molecular weight excluding hydrogens is 406 g/mol. The molecule has 2 aromatic heterocycles. The van der Waals surface area contributed by atoms with Crippen molar-refractivity contribution in [2.24, 2.45) is 0 Å². The van der Waals surface area contributed by atoms with Gasteiger partial charge in [0.2, 0.25) is 5.91 Å². The van der Waals surface area contributed by atoms with Crippen molar-refractivity contribution in [3.63, 3.8) is 0 Å². The number of likely N-dealkylation sites (tertiary alicyclic amines) is 1. The second-order valence-electron chi connectivity index (χ2n) is 8.60. The number of hydrogen-bond acceptors (Lipinski definition) is 5. The first kappa shape index (κ1) is 20.4. The first-order chi connectivity index (χ1) is 15.7. The Kier molecular flexibility index (Phi) is 5.70. The van der Waals surface area contributed by atoms with E-state index in [0.717, 1.165) is 24.5 Å². The predicted octanol–water partition coefficient (Wildman–Crippen LogP) is 2.93. The fourth-order valence-electron chi connectivity index (χ4n) is 4.14. The van der Waals surface area contributed by atoms with Gasteiger partial charge in [0, 0.05) is 61.5 Å². The first-order valence-electron chi connectivity index (χ1n) is 11.2. The van der Waals surface area contributed by atoms with Crippen LogP contribution in [0.25, 0.3) is 0 Å². The molecular formula is C23H27N7O2. The average molecular weight is 434 g/mol. The molecule has 2 N–H and O–H groups in total. The van der Waals surface area contributed by atoms with Crippen LogP contribution in [0.2, 0.25) is 0 Å². The lowest BCUT2D eigenvalue weighted by Crippen LogP contribution is -2.38. The van der Waals surface area contributed by atoms with Crippen LogP contribution in [0.5, 0.6) is 0 Å². The van der Waals surface area contributed by atoms with Gasteiger partial charge in [0.25, 0.3) is 5.91 Å². The third-order valence-corrected chi connectivity index (χ3v) is 6.18. The van der Waals surface area contributed by atoms with Crippen molar-refractivity contribution in [1.29, 1.82) is 0 Å². The van der Waals surface area contributed by atoms with Crippen LogP contribution in [0.1, 0.15) is 65.9 Å². The number of benzene rings is 1. The van der Waals surface area contributed by atoms with Crippen LogP contribution in [0.3, 0.4) is 0 Å². The normalized spacial score (nSPS) is 16.8. The summed E-state index contributed by atoms with van der Waals surface area (Å²) >= 11 is 0. The molecule has 32 heavy (non-hydrogen) atoms. The molecule has 0 spiro atoms. The molecule has 0 radical (unpaired) electrons. The number of carbonyl (C=O) groups excluding carboxylic acids is 2. The van der Waals surface area contributed by atoms with Gasteiger partial charge in [-0.05, 0) is 43.9 Å². The number of hydrogen-bond donors (Lipinski definition) is 2. The summed E-state index contributed by atoms with van der Waals surface area (Å²) in [5.74, 6) is 2.67. The summed E-state index contributed by atoms with van der Waals surface area (Å²) in [7, 11) is 0. The maximum atomic E-state index is 13.0. The number of rotatable bonds is 7. The zero-order chi connectivity index (χ0) is 21.9. The SMILES string of the molecule is O=C(CCn1ccnc1)Nc1cccc(C(=O)N2CCC(c3nc(C4CC4)n[nH]3)CC2)c1. The lowest BCUT2D eigenvalue weighted by Gasteiger charge is -2.31. The number of aromatic nitrogens is 5. The van der Waals surface area contributed by atoms with Gasteiger partial charge in [0.1, 0.15) is 5.82 Å². The summed E-state index contributed by atoms with van der Waals surface area (Å²) in [6, 6.07) is 7.16. The maximum absolute atomic E-state index is 13.0. The van der Waals surface area contributed by atoms with Gasteiger partial charge < -0.3 is 14.8 Å². The number of amides is 2. The van der Waals surface area contributed by atoms with Crippen molar-refractivity contribution in [3.8, 4) is 0 Å². The maximum Gasteiger partial charge on any atom is 0.253 e. The molecule has 2 amide bonds. The summed E-state index contributed by atoms with van der Waals surface area (Å²) in [6.07, 6.45) is 9.65. The number of H-pyrrole nitrogens is 1. The van der Waals surface area contributed by atoms with E-state index in [1.807, 2.05) is 15.7 Å². The Balaban J connectivity index is 1.14.